The summed E-state index contributed by atoms with van der Waals surface area (Å²) in [5.41, 5.74) is 6.99. The second-order valence-corrected chi connectivity index (χ2v) is 8.59. The van der Waals surface area contributed by atoms with Crippen LogP contribution in [0.3, 0.4) is 0 Å². The van der Waals surface area contributed by atoms with Crippen molar-refractivity contribution in [3.8, 4) is 0 Å². The Morgan fingerprint density at radius 3 is 2.25 bits per heavy atom. The number of aromatic nitrogens is 2. The fourth-order valence-electron chi connectivity index (χ4n) is 2.84. The number of carboxylic acid groups (broad SMARTS) is 1. The summed E-state index contributed by atoms with van der Waals surface area (Å²) in [5.74, 6) is -1.37. The molecule has 40 heavy (non-hydrogen) atoms. The molecule has 0 saturated heterocycles. The van der Waals surface area contributed by atoms with Gasteiger partial charge in [0.1, 0.15) is 5.82 Å². The number of hydrogen-bond donors (Lipinski definition) is 5. The third-order valence-electron chi connectivity index (χ3n) is 4.65. The summed E-state index contributed by atoms with van der Waals surface area (Å²) in [6.45, 7) is 5.92. The van der Waals surface area contributed by atoms with Gasteiger partial charge in [0, 0.05) is 38.9 Å². The van der Waals surface area contributed by atoms with E-state index < -0.39 is 17.7 Å². The first-order chi connectivity index (χ1) is 18.4. The molecule has 0 saturated carbocycles. The lowest BCUT2D eigenvalue weighted by atomic mass is 10.1. The number of aliphatic carboxylic acids is 1. The Balaban J connectivity index is 0. The van der Waals surface area contributed by atoms with E-state index in [1.165, 1.54) is 12.1 Å². The maximum Gasteiger partial charge on any atom is 0.328 e. The maximum absolute atomic E-state index is 13.9. The number of carboxylic acids is 1. The van der Waals surface area contributed by atoms with Crippen molar-refractivity contribution in [1.29, 1.82) is 0 Å². The van der Waals surface area contributed by atoms with Crippen molar-refractivity contribution in [2.24, 2.45) is 5.73 Å². The molecule has 2 rings (SSSR count). The molecule has 0 spiro atoms. The summed E-state index contributed by atoms with van der Waals surface area (Å²) < 4.78 is 13.9. The molecule has 0 bridgehead atoms. The quantitative estimate of drug-likeness (QED) is 0.146. The highest BCUT2D eigenvalue weighted by Gasteiger charge is 2.17. The highest BCUT2D eigenvalue weighted by atomic mass is 19.1. The van der Waals surface area contributed by atoms with E-state index in [1.807, 2.05) is 26.0 Å². The second-order valence-electron chi connectivity index (χ2n) is 8.59. The van der Waals surface area contributed by atoms with Crippen LogP contribution in [-0.4, -0.2) is 93.1 Å². The van der Waals surface area contributed by atoms with E-state index in [-0.39, 0.29) is 18.9 Å². The molecular weight excluding hydrogens is 519 g/mol. The number of carbonyl (C=O) groups excluding carboxylic acids is 2. The Morgan fingerprint density at radius 1 is 1.15 bits per heavy atom. The van der Waals surface area contributed by atoms with Crippen molar-refractivity contribution >= 4 is 35.6 Å². The van der Waals surface area contributed by atoms with Crippen LogP contribution in [0, 0.1) is 12.7 Å². The molecule has 1 aromatic heterocycles. The number of carbonyl (C=O) groups is 3. The summed E-state index contributed by atoms with van der Waals surface area (Å²) >= 11 is 0. The van der Waals surface area contributed by atoms with Gasteiger partial charge in [0.25, 0.3) is 5.91 Å². The minimum Gasteiger partial charge on any atom is -0.478 e. The molecular formula is C27H45FN8O4. The van der Waals surface area contributed by atoms with E-state index in [4.69, 9.17) is 10.8 Å². The predicted molar refractivity (Wildman–Crippen MR) is 159 cm³/mol. The topological polar surface area (TPSA) is 166 Å². The molecule has 0 atom stereocenters. The molecule has 0 aliphatic rings. The van der Waals surface area contributed by atoms with Gasteiger partial charge in [-0.05, 0) is 64.8 Å². The first kappa shape index (κ1) is 38.0. The molecule has 13 heteroatoms. The van der Waals surface area contributed by atoms with Gasteiger partial charge < -0.3 is 36.6 Å². The summed E-state index contributed by atoms with van der Waals surface area (Å²) in [6.07, 6.45) is 3.78. The summed E-state index contributed by atoms with van der Waals surface area (Å²) in [6, 6.07) is 4.36. The Hall–Kier alpha value is -4.10. The molecule has 2 amide bonds. The van der Waals surface area contributed by atoms with Crippen molar-refractivity contribution in [2.75, 3.05) is 65.1 Å². The van der Waals surface area contributed by atoms with Crippen LogP contribution in [0.1, 0.15) is 36.1 Å². The number of benzene rings is 1. The van der Waals surface area contributed by atoms with Crippen LogP contribution < -0.4 is 26.6 Å². The molecule has 0 aliphatic carbocycles. The molecule has 2 aromatic rings. The highest BCUT2D eigenvalue weighted by Crippen LogP contribution is 2.24. The molecule has 0 fully saturated rings. The fraction of sp³-hybridized carbons (Fsp3) is 0.444. The number of nitrogens with one attached hydrogen (secondary N) is 3. The number of aryl methyl sites for hydroxylation is 1. The molecule has 0 aliphatic heterocycles. The SMILES string of the molecule is C.CCNC.CN(C)C/C=C/C(=O)O.Cc1nc(C(N)=O)c(Nc2cc(F)cc(CCNC=O)c2)nc1N(C)C. The normalized spacial score (nSPS) is 9.93. The number of anilines is 3. The average Bonchev–Trinajstić information content (AvgIpc) is 2.84. The van der Waals surface area contributed by atoms with Crippen molar-refractivity contribution in [1.82, 2.24) is 25.5 Å². The maximum atomic E-state index is 13.9. The number of hydrogen-bond acceptors (Lipinski definition) is 9. The molecule has 0 unspecified atom stereocenters. The largest absolute Gasteiger partial charge is 0.478 e. The number of halogens is 1. The molecule has 0 radical (unpaired) electrons. The zero-order valence-corrected chi connectivity index (χ0v) is 23.7. The zero-order chi connectivity index (χ0) is 30.0. The van der Waals surface area contributed by atoms with Gasteiger partial charge in [-0.15, -0.1) is 0 Å². The first-order valence-electron chi connectivity index (χ1n) is 12.1. The van der Waals surface area contributed by atoms with Gasteiger partial charge >= 0.3 is 5.97 Å². The van der Waals surface area contributed by atoms with E-state index in [2.05, 4.69) is 32.8 Å². The monoisotopic (exact) mass is 564 g/mol. The first-order valence-corrected chi connectivity index (χ1v) is 12.1. The smallest absolute Gasteiger partial charge is 0.328 e. The zero-order valence-electron chi connectivity index (χ0n) is 23.7. The Bertz CT molecular complexity index is 1090. The van der Waals surface area contributed by atoms with Crippen LogP contribution in [-0.2, 0) is 16.0 Å². The van der Waals surface area contributed by atoms with Crippen LogP contribution in [0.4, 0.5) is 21.7 Å². The van der Waals surface area contributed by atoms with Gasteiger partial charge in [-0.2, -0.15) is 0 Å². The Labute approximate surface area is 236 Å². The molecule has 1 heterocycles. The Morgan fingerprint density at radius 2 is 1.77 bits per heavy atom. The van der Waals surface area contributed by atoms with Gasteiger partial charge in [0.05, 0.1) is 5.69 Å². The van der Waals surface area contributed by atoms with Crippen LogP contribution in [0.2, 0.25) is 0 Å². The van der Waals surface area contributed by atoms with E-state index in [0.717, 1.165) is 12.6 Å². The number of likely N-dealkylation sites (N-methyl/N-ethyl adjacent to an activating group) is 1. The van der Waals surface area contributed by atoms with E-state index in [9.17, 15) is 18.8 Å². The predicted octanol–water partition coefficient (Wildman–Crippen LogP) is 2.17. The van der Waals surface area contributed by atoms with E-state index in [0.29, 0.717) is 48.7 Å². The third-order valence-corrected chi connectivity index (χ3v) is 4.65. The molecule has 224 valence electrons. The van der Waals surface area contributed by atoms with Crippen molar-refractivity contribution < 1.29 is 23.9 Å². The van der Waals surface area contributed by atoms with Gasteiger partial charge in [-0.1, -0.05) is 20.4 Å². The minimum absolute atomic E-state index is 0. The van der Waals surface area contributed by atoms with Crippen molar-refractivity contribution in [3.05, 3.63) is 53.1 Å². The number of amides is 2. The number of nitrogens with zero attached hydrogens (tertiary/aromatic N) is 4. The van der Waals surface area contributed by atoms with Gasteiger partial charge in [0.15, 0.2) is 17.3 Å². The molecule has 12 nitrogen and oxygen atoms in total. The lowest BCUT2D eigenvalue weighted by Crippen LogP contribution is -2.21. The van der Waals surface area contributed by atoms with Gasteiger partial charge in [-0.3, -0.25) is 9.59 Å². The van der Waals surface area contributed by atoms with Crippen LogP contribution in [0.5, 0.6) is 0 Å². The molecule has 1 aromatic carbocycles. The minimum atomic E-state index is -0.892. The second kappa shape index (κ2) is 20.8. The lowest BCUT2D eigenvalue weighted by molar-refractivity contribution is -0.131. The number of primary amides is 1. The lowest BCUT2D eigenvalue weighted by Gasteiger charge is -2.17. The average molecular weight is 565 g/mol. The Kier molecular flexibility index (Phi) is 19.8. The van der Waals surface area contributed by atoms with E-state index in [1.54, 1.807) is 38.1 Å². The third kappa shape index (κ3) is 16.0. The standard InChI is InChI=1S/C17H21FN6O2.C6H11NO2.C3H9N.CH4/c1-10-17(24(2)3)23-16(14(21-10)15(19)26)22-13-7-11(4-5-20-9-25)6-12(18)8-13;1-7(2)5-3-4-6(8)9;1-3-4-2;/h6-9H,4-5H2,1-3H3,(H2,19,26)(H,20,25)(H,22,23);3-4H,5H2,1-2H3,(H,8,9);4H,3H2,1-2H3;1H4/b;4-3+;;. The summed E-state index contributed by atoms with van der Waals surface area (Å²) in [4.78, 5) is 44.1. The van der Waals surface area contributed by atoms with Gasteiger partial charge in [-0.25, -0.2) is 19.2 Å². The molecule has 6 N–H and O–H groups in total. The number of nitrogens with two attached hydrogens (primary N) is 1. The summed E-state index contributed by atoms with van der Waals surface area (Å²) in [7, 11) is 9.29. The van der Waals surface area contributed by atoms with Gasteiger partial charge in [0.2, 0.25) is 6.41 Å². The van der Waals surface area contributed by atoms with Crippen LogP contribution in [0.25, 0.3) is 0 Å². The fourth-order valence-corrected chi connectivity index (χ4v) is 2.84. The number of rotatable bonds is 12. The van der Waals surface area contributed by atoms with Crippen molar-refractivity contribution in [3.63, 3.8) is 0 Å². The van der Waals surface area contributed by atoms with Crippen LogP contribution in [0.15, 0.2) is 30.4 Å². The highest BCUT2D eigenvalue weighted by molar-refractivity contribution is 5.96. The van der Waals surface area contributed by atoms with Crippen LogP contribution >= 0.6 is 0 Å². The summed E-state index contributed by atoms with van der Waals surface area (Å²) in [5, 5.41) is 16.5. The van der Waals surface area contributed by atoms with Crippen molar-refractivity contribution in [2.45, 2.75) is 27.7 Å². The van der Waals surface area contributed by atoms with E-state index >= 15 is 0 Å².